The summed E-state index contributed by atoms with van der Waals surface area (Å²) in [4.78, 5) is 4.30. The molecule has 0 saturated carbocycles. The molecule has 6 heteroatoms. The van der Waals surface area contributed by atoms with Crippen molar-refractivity contribution in [2.24, 2.45) is 0 Å². The topological polar surface area (TPSA) is 61.0 Å². The molecule has 0 bridgehead atoms. The molecule has 0 amide bonds. The number of nitrogens with two attached hydrogens (primary N) is 1. The van der Waals surface area contributed by atoms with E-state index in [1.54, 1.807) is 18.9 Å². The zero-order chi connectivity index (χ0) is 12.3. The predicted octanol–water partition coefficient (Wildman–Crippen LogP) is 2.73. The number of rotatable bonds is 4. The lowest BCUT2D eigenvalue weighted by molar-refractivity contribution is 0.417. The Morgan fingerprint density at radius 2 is 2.29 bits per heavy atom. The van der Waals surface area contributed by atoms with Crippen LogP contribution in [0.25, 0.3) is 0 Å². The number of hydrogen-bond acceptors (Lipinski definition) is 6. The van der Waals surface area contributed by atoms with Crippen molar-refractivity contribution in [3.05, 3.63) is 29.6 Å². The van der Waals surface area contributed by atoms with Crippen molar-refractivity contribution in [2.45, 2.75) is 17.0 Å². The van der Waals surface area contributed by atoms with E-state index in [-0.39, 0.29) is 0 Å². The molecule has 2 aromatic rings. The fourth-order valence-electron chi connectivity index (χ4n) is 1.36. The lowest BCUT2D eigenvalue weighted by Gasteiger charge is -2.06. The van der Waals surface area contributed by atoms with Gasteiger partial charge in [0, 0.05) is 5.75 Å². The number of aromatic nitrogens is 2. The van der Waals surface area contributed by atoms with E-state index in [2.05, 4.69) is 9.36 Å². The van der Waals surface area contributed by atoms with Crippen LogP contribution in [0, 0.1) is 6.92 Å². The number of hydrogen-bond donors (Lipinski definition) is 1. The van der Waals surface area contributed by atoms with Gasteiger partial charge in [0.05, 0.1) is 12.8 Å². The Balaban J connectivity index is 2.02. The van der Waals surface area contributed by atoms with Gasteiger partial charge in [0.25, 0.3) is 0 Å². The van der Waals surface area contributed by atoms with E-state index in [9.17, 15) is 0 Å². The van der Waals surface area contributed by atoms with E-state index in [0.29, 0.717) is 11.4 Å². The number of nitrogens with zero attached hydrogens (tertiary/aromatic N) is 2. The SMILES string of the molecule is COc1ccc(CSc2nc(C)ns2)cc1N. The summed E-state index contributed by atoms with van der Waals surface area (Å²) in [5.74, 6) is 2.38. The van der Waals surface area contributed by atoms with E-state index < -0.39 is 0 Å². The molecular weight excluding hydrogens is 254 g/mol. The molecule has 0 aliphatic carbocycles. The summed E-state index contributed by atoms with van der Waals surface area (Å²) >= 11 is 3.09. The van der Waals surface area contributed by atoms with Gasteiger partial charge < -0.3 is 10.5 Å². The molecule has 17 heavy (non-hydrogen) atoms. The highest BCUT2D eigenvalue weighted by Gasteiger charge is 2.04. The first-order chi connectivity index (χ1) is 8.19. The molecule has 0 radical (unpaired) electrons. The molecule has 2 rings (SSSR count). The summed E-state index contributed by atoms with van der Waals surface area (Å²) in [6.45, 7) is 1.89. The summed E-state index contributed by atoms with van der Waals surface area (Å²) in [7, 11) is 1.62. The minimum absolute atomic E-state index is 0.666. The van der Waals surface area contributed by atoms with Crippen LogP contribution in [0.4, 0.5) is 5.69 Å². The van der Waals surface area contributed by atoms with Gasteiger partial charge in [0.2, 0.25) is 0 Å². The molecule has 1 heterocycles. The van der Waals surface area contributed by atoms with Gasteiger partial charge in [0.1, 0.15) is 11.6 Å². The third-order valence-corrected chi connectivity index (χ3v) is 4.16. The Kier molecular flexibility index (Phi) is 3.86. The number of ether oxygens (including phenoxy) is 1. The molecule has 0 atom stereocenters. The summed E-state index contributed by atoms with van der Waals surface area (Å²) in [5.41, 5.74) is 7.66. The van der Waals surface area contributed by atoms with E-state index in [0.717, 1.165) is 21.5 Å². The summed E-state index contributed by atoms with van der Waals surface area (Å²) in [6.07, 6.45) is 0. The smallest absolute Gasteiger partial charge is 0.170 e. The van der Waals surface area contributed by atoms with Crippen LogP contribution in [0.5, 0.6) is 5.75 Å². The second-order valence-corrected chi connectivity index (χ2v) is 5.45. The number of thioether (sulfide) groups is 1. The maximum atomic E-state index is 5.85. The van der Waals surface area contributed by atoms with Gasteiger partial charge >= 0.3 is 0 Å². The fraction of sp³-hybridized carbons (Fsp3) is 0.273. The Bertz CT molecular complexity index is 513. The molecular formula is C11H13N3OS2. The highest BCUT2D eigenvalue weighted by atomic mass is 32.2. The second kappa shape index (κ2) is 5.37. The van der Waals surface area contributed by atoms with Gasteiger partial charge in [-0.3, -0.25) is 0 Å². The van der Waals surface area contributed by atoms with Crippen LogP contribution in [-0.4, -0.2) is 16.5 Å². The number of methoxy groups -OCH3 is 1. The van der Waals surface area contributed by atoms with Crippen LogP contribution < -0.4 is 10.5 Å². The number of aryl methyl sites for hydroxylation is 1. The van der Waals surface area contributed by atoms with Crippen molar-refractivity contribution in [2.75, 3.05) is 12.8 Å². The van der Waals surface area contributed by atoms with E-state index in [1.807, 2.05) is 25.1 Å². The third kappa shape index (κ3) is 3.10. The minimum Gasteiger partial charge on any atom is -0.495 e. The van der Waals surface area contributed by atoms with Crippen LogP contribution >= 0.6 is 23.3 Å². The van der Waals surface area contributed by atoms with Gasteiger partial charge in [0.15, 0.2) is 4.34 Å². The van der Waals surface area contributed by atoms with Crippen molar-refractivity contribution in [3.8, 4) is 5.75 Å². The summed E-state index contributed by atoms with van der Waals surface area (Å²) in [6, 6.07) is 5.83. The van der Waals surface area contributed by atoms with E-state index in [4.69, 9.17) is 10.5 Å². The second-order valence-electron chi connectivity index (χ2n) is 3.47. The molecule has 1 aromatic heterocycles. The zero-order valence-electron chi connectivity index (χ0n) is 9.64. The molecule has 0 aliphatic heterocycles. The highest BCUT2D eigenvalue weighted by molar-refractivity contribution is 8.00. The lowest BCUT2D eigenvalue weighted by Crippen LogP contribution is -1.93. The Morgan fingerprint density at radius 3 is 2.88 bits per heavy atom. The minimum atomic E-state index is 0.666. The monoisotopic (exact) mass is 267 g/mol. The van der Waals surface area contributed by atoms with Crippen LogP contribution in [0.1, 0.15) is 11.4 Å². The summed E-state index contributed by atoms with van der Waals surface area (Å²) in [5, 5.41) is 0. The Labute approximate surface area is 108 Å². The molecule has 2 N–H and O–H groups in total. The highest BCUT2D eigenvalue weighted by Crippen LogP contribution is 2.28. The normalized spacial score (nSPS) is 10.5. The van der Waals surface area contributed by atoms with Gasteiger partial charge in [-0.15, -0.1) is 0 Å². The first-order valence-corrected chi connectivity index (χ1v) is 6.80. The third-order valence-electron chi connectivity index (χ3n) is 2.17. The molecule has 0 spiro atoms. The van der Waals surface area contributed by atoms with Gasteiger partial charge in [-0.1, -0.05) is 17.8 Å². The van der Waals surface area contributed by atoms with E-state index >= 15 is 0 Å². The molecule has 0 aliphatic rings. The fourth-order valence-corrected chi connectivity index (χ4v) is 2.95. The van der Waals surface area contributed by atoms with Crippen LogP contribution in [-0.2, 0) is 5.75 Å². The largest absolute Gasteiger partial charge is 0.495 e. The first-order valence-electron chi connectivity index (χ1n) is 5.04. The molecule has 1 aromatic carbocycles. The maximum absolute atomic E-state index is 5.85. The molecule has 0 saturated heterocycles. The molecule has 0 unspecified atom stereocenters. The van der Waals surface area contributed by atoms with Crippen molar-refractivity contribution in [1.29, 1.82) is 0 Å². The lowest BCUT2D eigenvalue weighted by atomic mass is 10.2. The number of anilines is 1. The first kappa shape index (κ1) is 12.2. The maximum Gasteiger partial charge on any atom is 0.170 e. The molecule has 90 valence electrons. The zero-order valence-corrected chi connectivity index (χ0v) is 11.3. The number of nitrogen functional groups attached to an aromatic ring is 1. The van der Waals surface area contributed by atoms with Gasteiger partial charge in [-0.2, -0.15) is 4.37 Å². The average molecular weight is 267 g/mol. The van der Waals surface area contributed by atoms with Crippen LogP contribution in [0.3, 0.4) is 0 Å². The molecule has 4 nitrogen and oxygen atoms in total. The predicted molar refractivity (Wildman–Crippen MR) is 71.6 cm³/mol. The van der Waals surface area contributed by atoms with E-state index in [1.165, 1.54) is 11.5 Å². The summed E-state index contributed by atoms with van der Waals surface area (Å²) < 4.78 is 10.2. The quantitative estimate of drug-likeness (QED) is 0.681. The van der Waals surface area contributed by atoms with Crippen molar-refractivity contribution >= 4 is 29.0 Å². The Hall–Kier alpha value is -1.27. The molecule has 0 fully saturated rings. The van der Waals surface area contributed by atoms with Crippen molar-refractivity contribution in [3.63, 3.8) is 0 Å². The van der Waals surface area contributed by atoms with Crippen LogP contribution in [0.2, 0.25) is 0 Å². The average Bonchev–Trinajstić information content (AvgIpc) is 2.73. The van der Waals surface area contributed by atoms with Crippen molar-refractivity contribution in [1.82, 2.24) is 9.36 Å². The Morgan fingerprint density at radius 1 is 1.47 bits per heavy atom. The van der Waals surface area contributed by atoms with Gasteiger partial charge in [-0.05, 0) is 36.2 Å². The standard InChI is InChI=1S/C11H13N3OS2/c1-7-13-11(17-14-7)16-6-8-3-4-10(15-2)9(12)5-8/h3-5H,6,12H2,1-2H3. The van der Waals surface area contributed by atoms with Gasteiger partial charge in [-0.25, -0.2) is 4.98 Å². The number of benzene rings is 1. The van der Waals surface area contributed by atoms with Crippen molar-refractivity contribution < 1.29 is 4.74 Å². The van der Waals surface area contributed by atoms with Crippen LogP contribution in [0.15, 0.2) is 22.5 Å².